The molecule has 0 aliphatic heterocycles. The van der Waals surface area contributed by atoms with Gasteiger partial charge in [0.15, 0.2) is 0 Å². The van der Waals surface area contributed by atoms with Gasteiger partial charge in [-0.05, 0) is 18.8 Å². The van der Waals surface area contributed by atoms with Crippen molar-refractivity contribution < 1.29 is 19.1 Å². The van der Waals surface area contributed by atoms with E-state index < -0.39 is 12.0 Å². The summed E-state index contributed by atoms with van der Waals surface area (Å²) in [7, 11) is 1.33. The van der Waals surface area contributed by atoms with E-state index in [1.807, 2.05) is 0 Å². The molecule has 1 atom stereocenters. The fraction of sp³-hybridized carbons (Fsp3) is 0.706. The molecular weight excluding hydrogens is 342 g/mol. The minimum absolute atomic E-state index is 0.234. The van der Waals surface area contributed by atoms with Gasteiger partial charge in [-0.15, -0.1) is 11.3 Å². The quantitative estimate of drug-likeness (QED) is 0.506. The monoisotopic (exact) mass is 369 g/mol. The molecule has 1 heterocycles. The average molecular weight is 369 g/mol. The van der Waals surface area contributed by atoms with E-state index in [0.717, 1.165) is 17.7 Å². The summed E-state index contributed by atoms with van der Waals surface area (Å²) in [5.41, 5.74) is 1.75. The van der Waals surface area contributed by atoms with Crippen molar-refractivity contribution in [1.29, 1.82) is 0 Å². The molecule has 1 saturated carbocycles. The third kappa shape index (κ3) is 6.62. The number of thiazole rings is 1. The number of nitrogens with zero attached hydrogens (tertiary/aromatic N) is 2. The van der Waals surface area contributed by atoms with Crippen molar-refractivity contribution in [3.05, 3.63) is 16.6 Å². The van der Waals surface area contributed by atoms with Gasteiger partial charge in [0, 0.05) is 36.8 Å². The van der Waals surface area contributed by atoms with Crippen LogP contribution in [0.1, 0.15) is 38.0 Å². The number of carbonyl (C=O) groups excluding carboxylic acids is 2. The van der Waals surface area contributed by atoms with Crippen LogP contribution in [0, 0.1) is 5.92 Å². The number of methoxy groups -OCH3 is 1. The van der Waals surface area contributed by atoms with Crippen LogP contribution in [-0.2, 0) is 20.8 Å². The van der Waals surface area contributed by atoms with Gasteiger partial charge in [-0.25, -0.2) is 9.59 Å². The van der Waals surface area contributed by atoms with E-state index in [2.05, 4.69) is 24.1 Å². The van der Waals surface area contributed by atoms with Crippen LogP contribution in [-0.4, -0.2) is 54.3 Å². The second-order valence-corrected chi connectivity index (χ2v) is 7.58. The number of rotatable bonds is 10. The molecule has 2 rings (SSSR count). The van der Waals surface area contributed by atoms with Gasteiger partial charge in [0.1, 0.15) is 6.04 Å². The highest BCUT2D eigenvalue weighted by Gasteiger charge is 2.34. The molecule has 0 saturated heterocycles. The smallest absolute Gasteiger partial charge is 0.328 e. The van der Waals surface area contributed by atoms with Crippen LogP contribution in [0.15, 0.2) is 11.7 Å². The van der Waals surface area contributed by atoms with Gasteiger partial charge in [0.25, 0.3) is 0 Å². The number of urea groups is 1. The van der Waals surface area contributed by atoms with Crippen molar-refractivity contribution in [2.75, 3.05) is 20.3 Å². The lowest BCUT2D eigenvalue weighted by Gasteiger charge is -2.25. The Kier molecular flexibility index (Phi) is 7.64. The summed E-state index contributed by atoms with van der Waals surface area (Å²) in [5, 5.41) is 2.81. The molecule has 0 bridgehead atoms. The maximum Gasteiger partial charge on any atom is 0.328 e. The first-order chi connectivity index (χ1) is 12.0. The highest BCUT2D eigenvalue weighted by atomic mass is 32.1. The van der Waals surface area contributed by atoms with E-state index in [-0.39, 0.29) is 12.1 Å². The molecule has 1 aliphatic rings. The van der Waals surface area contributed by atoms with E-state index >= 15 is 0 Å². The molecule has 0 spiro atoms. The van der Waals surface area contributed by atoms with Gasteiger partial charge in [-0.1, -0.05) is 13.8 Å². The summed E-state index contributed by atoms with van der Waals surface area (Å²) in [4.78, 5) is 31.5. The first kappa shape index (κ1) is 19.7. The molecule has 1 N–H and O–H groups in total. The van der Waals surface area contributed by atoms with Gasteiger partial charge >= 0.3 is 12.0 Å². The lowest BCUT2D eigenvalue weighted by atomic mass is 10.2. The SMILES string of the molecule is COC(=O)[C@H](CCOCC(C)C)NC(=O)N(Cc1cncs1)C1CC1. The Labute approximate surface area is 152 Å². The fourth-order valence-corrected chi connectivity index (χ4v) is 2.98. The Morgan fingerprint density at radius 1 is 1.44 bits per heavy atom. The van der Waals surface area contributed by atoms with Crippen molar-refractivity contribution in [3.8, 4) is 0 Å². The predicted octanol–water partition coefficient (Wildman–Crippen LogP) is 2.42. The van der Waals surface area contributed by atoms with Gasteiger partial charge in [0.05, 0.1) is 19.2 Å². The second-order valence-electron chi connectivity index (χ2n) is 6.61. The Balaban J connectivity index is 1.90. The maximum absolute atomic E-state index is 12.7. The Morgan fingerprint density at radius 2 is 2.20 bits per heavy atom. The van der Waals surface area contributed by atoms with Crippen molar-refractivity contribution >= 4 is 23.3 Å². The molecule has 0 radical (unpaired) electrons. The highest BCUT2D eigenvalue weighted by molar-refractivity contribution is 7.09. The molecule has 1 aliphatic carbocycles. The normalized spacial score (nSPS) is 15.0. The molecule has 2 amide bonds. The van der Waals surface area contributed by atoms with Crippen LogP contribution < -0.4 is 5.32 Å². The molecule has 1 aromatic rings. The molecule has 25 heavy (non-hydrogen) atoms. The van der Waals surface area contributed by atoms with Crippen molar-refractivity contribution in [3.63, 3.8) is 0 Å². The number of aromatic nitrogens is 1. The van der Waals surface area contributed by atoms with Crippen LogP contribution in [0.4, 0.5) is 4.79 Å². The topological polar surface area (TPSA) is 80.8 Å². The number of hydrogen-bond acceptors (Lipinski definition) is 6. The summed E-state index contributed by atoms with van der Waals surface area (Å²) in [6.07, 6.45) is 4.15. The summed E-state index contributed by atoms with van der Waals surface area (Å²) < 4.78 is 10.3. The zero-order chi connectivity index (χ0) is 18.2. The van der Waals surface area contributed by atoms with Crippen LogP contribution in [0.5, 0.6) is 0 Å². The number of carbonyl (C=O) groups is 2. The zero-order valence-corrected chi connectivity index (χ0v) is 15.9. The Bertz CT molecular complexity index is 546. The average Bonchev–Trinajstić information content (AvgIpc) is 3.30. The van der Waals surface area contributed by atoms with Crippen LogP contribution in [0.25, 0.3) is 0 Å². The zero-order valence-electron chi connectivity index (χ0n) is 15.1. The highest BCUT2D eigenvalue weighted by Crippen LogP contribution is 2.29. The molecule has 0 aromatic carbocycles. The van der Waals surface area contributed by atoms with E-state index in [4.69, 9.17) is 9.47 Å². The third-order valence-electron chi connectivity index (χ3n) is 3.84. The molecule has 7 nitrogen and oxygen atoms in total. The summed E-state index contributed by atoms with van der Waals surface area (Å²) in [6, 6.07) is -0.708. The summed E-state index contributed by atoms with van der Waals surface area (Å²) >= 11 is 1.52. The summed E-state index contributed by atoms with van der Waals surface area (Å²) in [5.74, 6) is -0.0223. The van der Waals surface area contributed by atoms with Gasteiger partial charge in [-0.3, -0.25) is 4.98 Å². The first-order valence-electron chi connectivity index (χ1n) is 8.61. The van der Waals surface area contributed by atoms with Crippen LogP contribution in [0.2, 0.25) is 0 Å². The van der Waals surface area contributed by atoms with E-state index in [1.165, 1.54) is 18.4 Å². The van der Waals surface area contributed by atoms with Crippen molar-refractivity contribution in [1.82, 2.24) is 15.2 Å². The minimum Gasteiger partial charge on any atom is -0.467 e. The minimum atomic E-state index is -0.702. The first-order valence-corrected chi connectivity index (χ1v) is 9.49. The van der Waals surface area contributed by atoms with Crippen molar-refractivity contribution in [2.45, 2.75) is 51.7 Å². The lowest BCUT2D eigenvalue weighted by Crippen LogP contribution is -2.49. The molecule has 8 heteroatoms. The Hall–Kier alpha value is -1.67. The van der Waals surface area contributed by atoms with Crippen LogP contribution in [0.3, 0.4) is 0 Å². The molecule has 0 unspecified atom stereocenters. The number of amides is 2. The molecule has 1 aromatic heterocycles. The van der Waals surface area contributed by atoms with E-state index in [9.17, 15) is 9.59 Å². The van der Waals surface area contributed by atoms with Gasteiger partial charge in [-0.2, -0.15) is 0 Å². The number of hydrogen-bond donors (Lipinski definition) is 1. The molecule has 1 fully saturated rings. The number of esters is 1. The third-order valence-corrected chi connectivity index (χ3v) is 4.61. The van der Waals surface area contributed by atoms with Crippen molar-refractivity contribution in [2.24, 2.45) is 5.92 Å². The van der Waals surface area contributed by atoms with Crippen LogP contribution >= 0.6 is 11.3 Å². The predicted molar refractivity (Wildman–Crippen MR) is 95.3 cm³/mol. The fourth-order valence-electron chi connectivity index (χ4n) is 2.38. The maximum atomic E-state index is 12.7. The Morgan fingerprint density at radius 3 is 2.76 bits per heavy atom. The number of nitrogens with one attached hydrogen (secondary N) is 1. The molecular formula is C17H27N3O4S. The number of ether oxygens (including phenoxy) is 2. The van der Waals surface area contributed by atoms with E-state index in [1.54, 1.807) is 16.6 Å². The lowest BCUT2D eigenvalue weighted by molar-refractivity contribution is -0.143. The molecule has 140 valence electrons. The van der Waals surface area contributed by atoms with Gasteiger partial charge < -0.3 is 19.7 Å². The standard InChI is InChI=1S/C17H27N3O4S/c1-12(2)10-24-7-6-15(16(21)23-3)19-17(22)20(13-4-5-13)9-14-8-18-11-25-14/h8,11-13,15H,4-7,9-10H2,1-3H3,(H,19,22)/t15-/m0/s1. The second kappa shape index (κ2) is 9.72. The largest absolute Gasteiger partial charge is 0.467 e. The van der Waals surface area contributed by atoms with Gasteiger partial charge in [0.2, 0.25) is 0 Å². The summed E-state index contributed by atoms with van der Waals surface area (Å²) in [6.45, 7) is 5.66. The van der Waals surface area contributed by atoms with E-state index in [0.29, 0.717) is 32.1 Å².